The van der Waals surface area contributed by atoms with E-state index >= 15 is 0 Å². The van der Waals surface area contributed by atoms with E-state index in [-0.39, 0.29) is 23.6 Å². The van der Waals surface area contributed by atoms with E-state index in [4.69, 9.17) is 11.5 Å². The molecule has 2 heterocycles. The minimum absolute atomic E-state index is 0.0143. The molecule has 2 aromatic heterocycles. The maximum absolute atomic E-state index is 11.6. The minimum atomic E-state index is -0.695. The van der Waals surface area contributed by atoms with E-state index in [0.717, 1.165) is 36.4 Å². The standard InChI is InChI=1S/C14H20N8OS/c1-7-6-10(24-22-7)18-13-11(12(16)23)20-21-14(19-13)17-9-5-3-2-4-8(9)15/h6,8-9H,2-5,15H2,1H3,(H2,16,23)(H2,17,18,19,21)/t8-,9+/m0/s1. The van der Waals surface area contributed by atoms with Crippen LogP contribution >= 0.6 is 11.5 Å². The summed E-state index contributed by atoms with van der Waals surface area (Å²) in [6.07, 6.45) is 4.18. The van der Waals surface area contributed by atoms with Crippen LogP contribution in [0.2, 0.25) is 0 Å². The zero-order valence-corrected chi connectivity index (χ0v) is 14.1. The molecule has 1 fully saturated rings. The summed E-state index contributed by atoms with van der Waals surface area (Å²) in [4.78, 5) is 15.9. The number of aryl methyl sites for hydroxylation is 1. The Bertz CT molecular complexity index is 733. The van der Waals surface area contributed by atoms with Crippen molar-refractivity contribution in [2.75, 3.05) is 10.6 Å². The highest BCUT2D eigenvalue weighted by molar-refractivity contribution is 7.10. The number of amides is 1. The van der Waals surface area contributed by atoms with Gasteiger partial charge >= 0.3 is 0 Å². The van der Waals surface area contributed by atoms with Crippen molar-refractivity contribution in [2.45, 2.75) is 44.7 Å². The van der Waals surface area contributed by atoms with Gasteiger partial charge in [-0.05, 0) is 37.4 Å². The normalized spacial score (nSPS) is 20.6. The summed E-state index contributed by atoms with van der Waals surface area (Å²) in [7, 11) is 0. The third-order valence-electron chi connectivity index (χ3n) is 3.92. The summed E-state index contributed by atoms with van der Waals surface area (Å²) in [5.41, 5.74) is 12.3. The maximum Gasteiger partial charge on any atom is 0.273 e. The fourth-order valence-electron chi connectivity index (χ4n) is 2.68. The van der Waals surface area contributed by atoms with Crippen LogP contribution < -0.4 is 22.1 Å². The van der Waals surface area contributed by atoms with E-state index in [1.54, 1.807) is 0 Å². The topological polar surface area (TPSA) is 145 Å². The van der Waals surface area contributed by atoms with Gasteiger partial charge in [0.05, 0.1) is 5.69 Å². The SMILES string of the molecule is Cc1cc(Nc2nc(N[C@@H]3CCCC[C@@H]3N)nnc2C(N)=O)sn1. The Morgan fingerprint density at radius 3 is 2.79 bits per heavy atom. The first-order chi connectivity index (χ1) is 11.5. The van der Waals surface area contributed by atoms with E-state index in [9.17, 15) is 4.79 Å². The Kier molecular flexibility index (Phi) is 4.86. The van der Waals surface area contributed by atoms with Crippen LogP contribution in [0.25, 0.3) is 0 Å². The Balaban J connectivity index is 1.83. The smallest absolute Gasteiger partial charge is 0.273 e. The summed E-state index contributed by atoms with van der Waals surface area (Å²) >= 11 is 1.26. The third kappa shape index (κ3) is 3.77. The molecule has 2 aromatic rings. The van der Waals surface area contributed by atoms with Crippen molar-refractivity contribution in [1.82, 2.24) is 19.6 Å². The molecule has 128 valence electrons. The monoisotopic (exact) mass is 348 g/mol. The van der Waals surface area contributed by atoms with Crippen LogP contribution in [-0.4, -0.2) is 37.5 Å². The lowest BCUT2D eigenvalue weighted by atomic mass is 9.91. The van der Waals surface area contributed by atoms with Crippen molar-refractivity contribution >= 4 is 34.2 Å². The van der Waals surface area contributed by atoms with E-state index in [0.29, 0.717) is 5.95 Å². The number of nitrogens with two attached hydrogens (primary N) is 2. The van der Waals surface area contributed by atoms with Gasteiger partial charge in [-0.1, -0.05) is 12.8 Å². The van der Waals surface area contributed by atoms with Crippen molar-refractivity contribution in [2.24, 2.45) is 11.5 Å². The first-order valence-corrected chi connectivity index (χ1v) is 8.57. The molecule has 0 aliphatic heterocycles. The second kappa shape index (κ2) is 7.05. The van der Waals surface area contributed by atoms with Crippen LogP contribution in [0.5, 0.6) is 0 Å². The number of rotatable bonds is 5. The minimum Gasteiger partial charge on any atom is -0.364 e. The van der Waals surface area contributed by atoms with Gasteiger partial charge in [-0.2, -0.15) is 9.36 Å². The summed E-state index contributed by atoms with van der Waals surface area (Å²) in [5.74, 6) is -0.112. The van der Waals surface area contributed by atoms with Crippen LogP contribution in [-0.2, 0) is 0 Å². The zero-order valence-electron chi connectivity index (χ0n) is 13.3. The third-order valence-corrected chi connectivity index (χ3v) is 4.72. The summed E-state index contributed by atoms with van der Waals surface area (Å²) < 4.78 is 4.18. The number of hydrogen-bond donors (Lipinski definition) is 4. The lowest BCUT2D eigenvalue weighted by Crippen LogP contribution is -2.43. The van der Waals surface area contributed by atoms with Crippen LogP contribution in [0.4, 0.5) is 16.8 Å². The first kappa shape index (κ1) is 16.5. The summed E-state index contributed by atoms with van der Waals surface area (Å²) in [6.45, 7) is 1.88. The lowest BCUT2D eigenvalue weighted by Gasteiger charge is -2.29. The van der Waals surface area contributed by atoms with Crippen LogP contribution in [0.15, 0.2) is 6.07 Å². The molecular formula is C14H20N8OS. The van der Waals surface area contributed by atoms with Gasteiger partial charge in [0.15, 0.2) is 11.5 Å². The van der Waals surface area contributed by atoms with Gasteiger partial charge in [0.25, 0.3) is 5.91 Å². The van der Waals surface area contributed by atoms with Gasteiger partial charge < -0.3 is 22.1 Å². The van der Waals surface area contributed by atoms with Crippen LogP contribution in [0.1, 0.15) is 41.9 Å². The molecule has 6 N–H and O–H groups in total. The molecule has 2 atom stereocenters. The Morgan fingerprint density at radius 1 is 1.33 bits per heavy atom. The molecule has 24 heavy (non-hydrogen) atoms. The first-order valence-electron chi connectivity index (χ1n) is 7.80. The molecule has 0 unspecified atom stereocenters. The average molecular weight is 348 g/mol. The molecule has 0 saturated heterocycles. The molecule has 0 radical (unpaired) electrons. The van der Waals surface area contributed by atoms with Gasteiger partial charge in [0.2, 0.25) is 5.95 Å². The molecule has 10 heteroatoms. The highest BCUT2D eigenvalue weighted by Crippen LogP contribution is 2.24. The van der Waals surface area contributed by atoms with Gasteiger partial charge in [0.1, 0.15) is 5.00 Å². The van der Waals surface area contributed by atoms with Crippen molar-refractivity contribution in [3.05, 3.63) is 17.5 Å². The predicted octanol–water partition coefficient (Wildman–Crippen LogP) is 1.16. The number of carbonyl (C=O) groups excluding carboxylic acids is 1. The second-order valence-electron chi connectivity index (χ2n) is 5.85. The van der Waals surface area contributed by atoms with Crippen LogP contribution in [0, 0.1) is 6.92 Å². The molecule has 1 aliphatic carbocycles. The number of anilines is 3. The van der Waals surface area contributed by atoms with Crippen molar-refractivity contribution in [1.29, 1.82) is 0 Å². The molecular weight excluding hydrogens is 328 g/mol. The number of nitrogens with zero attached hydrogens (tertiary/aromatic N) is 4. The summed E-state index contributed by atoms with van der Waals surface area (Å²) in [6, 6.07) is 2.00. The fraction of sp³-hybridized carbons (Fsp3) is 0.500. The van der Waals surface area contributed by atoms with Gasteiger partial charge in [-0.3, -0.25) is 4.79 Å². The Morgan fingerprint density at radius 2 is 2.12 bits per heavy atom. The average Bonchev–Trinajstić information content (AvgIpc) is 2.94. The van der Waals surface area contributed by atoms with Gasteiger partial charge in [-0.15, -0.1) is 10.2 Å². The number of primary amides is 1. The van der Waals surface area contributed by atoms with Gasteiger partial charge in [0, 0.05) is 12.1 Å². The molecule has 1 saturated carbocycles. The quantitative estimate of drug-likeness (QED) is 0.630. The number of nitrogens with one attached hydrogen (secondary N) is 2. The van der Waals surface area contributed by atoms with E-state index < -0.39 is 5.91 Å². The van der Waals surface area contributed by atoms with Crippen molar-refractivity contribution in [3.63, 3.8) is 0 Å². The largest absolute Gasteiger partial charge is 0.364 e. The molecule has 0 spiro atoms. The number of hydrogen-bond acceptors (Lipinski definition) is 9. The van der Waals surface area contributed by atoms with Crippen LogP contribution in [0.3, 0.4) is 0 Å². The van der Waals surface area contributed by atoms with E-state index in [2.05, 4.69) is 30.2 Å². The predicted molar refractivity (Wildman–Crippen MR) is 92.3 cm³/mol. The molecule has 1 aliphatic rings. The van der Waals surface area contributed by atoms with E-state index in [1.165, 1.54) is 11.5 Å². The van der Waals surface area contributed by atoms with Crippen molar-refractivity contribution in [3.8, 4) is 0 Å². The molecule has 9 nitrogen and oxygen atoms in total. The Labute approximate surface area is 143 Å². The zero-order chi connectivity index (χ0) is 17.1. The molecule has 0 bridgehead atoms. The van der Waals surface area contributed by atoms with Crippen molar-refractivity contribution < 1.29 is 4.79 Å². The Hall–Kier alpha value is -2.33. The highest BCUT2D eigenvalue weighted by Gasteiger charge is 2.23. The second-order valence-corrected chi connectivity index (χ2v) is 6.66. The maximum atomic E-state index is 11.6. The lowest BCUT2D eigenvalue weighted by molar-refractivity contribution is 0.0995. The van der Waals surface area contributed by atoms with Gasteiger partial charge in [-0.25, -0.2) is 0 Å². The van der Waals surface area contributed by atoms with E-state index in [1.807, 2.05) is 13.0 Å². The molecule has 0 aromatic carbocycles. The molecule has 3 rings (SSSR count). The fourth-order valence-corrected chi connectivity index (χ4v) is 3.34. The highest BCUT2D eigenvalue weighted by atomic mass is 32.1. The summed E-state index contributed by atoms with van der Waals surface area (Å²) in [5, 5.41) is 14.9. The number of aromatic nitrogens is 4. The molecule has 1 amide bonds. The number of carbonyl (C=O) groups is 1.